The molecule has 1 saturated heterocycles. The highest BCUT2D eigenvalue weighted by Gasteiger charge is 2.26. The van der Waals surface area contributed by atoms with Gasteiger partial charge in [-0.3, -0.25) is 4.79 Å². The first-order valence-electron chi connectivity index (χ1n) is 4.54. The van der Waals surface area contributed by atoms with Gasteiger partial charge in [0.15, 0.2) is 0 Å². The average Bonchev–Trinajstić information content (AvgIpc) is 2.70. The summed E-state index contributed by atoms with van der Waals surface area (Å²) in [6, 6.07) is 0.176. The second-order valence-electron chi connectivity index (χ2n) is 3.29. The van der Waals surface area contributed by atoms with Crippen LogP contribution in [-0.2, 0) is 0 Å². The predicted molar refractivity (Wildman–Crippen MR) is 47.5 cm³/mol. The lowest BCUT2D eigenvalue weighted by molar-refractivity contribution is 0.0643. The maximum Gasteiger partial charge on any atom is 0.295 e. The number of hydrogen-bond acceptors (Lipinski definition) is 5. The van der Waals surface area contributed by atoms with E-state index >= 15 is 0 Å². The van der Waals surface area contributed by atoms with Crippen molar-refractivity contribution in [3.05, 3.63) is 5.82 Å². The van der Waals surface area contributed by atoms with Gasteiger partial charge < -0.3 is 10.2 Å². The molecular formula is C7H12N6O. The van der Waals surface area contributed by atoms with Gasteiger partial charge in [0.05, 0.1) is 0 Å². The Morgan fingerprint density at radius 1 is 1.64 bits per heavy atom. The zero-order valence-electron chi connectivity index (χ0n) is 7.90. The fourth-order valence-corrected chi connectivity index (χ4v) is 1.52. The van der Waals surface area contributed by atoms with Crippen molar-refractivity contribution in [3.63, 3.8) is 0 Å². The Hall–Kier alpha value is -1.50. The third-order valence-electron chi connectivity index (χ3n) is 2.30. The van der Waals surface area contributed by atoms with Crippen molar-refractivity contribution >= 4 is 5.91 Å². The summed E-state index contributed by atoms with van der Waals surface area (Å²) in [5.41, 5.74) is 0. The molecule has 1 fully saturated rings. The van der Waals surface area contributed by atoms with Crippen LogP contribution < -0.4 is 5.32 Å². The number of tetrazole rings is 1. The number of nitrogens with one attached hydrogen (secondary N) is 2. The van der Waals surface area contributed by atoms with E-state index in [-0.39, 0.29) is 17.8 Å². The highest BCUT2D eigenvalue weighted by molar-refractivity contribution is 5.90. The Morgan fingerprint density at radius 2 is 2.50 bits per heavy atom. The van der Waals surface area contributed by atoms with Gasteiger partial charge in [-0.1, -0.05) is 0 Å². The van der Waals surface area contributed by atoms with Crippen molar-refractivity contribution in [2.75, 3.05) is 19.6 Å². The molecule has 0 bridgehead atoms. The van der Waals surface area contributed by atoms with Crippen molar-refractivity contribution in [2.45, 2.75) is 13.0 Å². The lowest BCUT2D eigenvalue weighted by Gasteiger charge is -2.32. The zero-order valence-corrected chi connectivity index (χ0v) is 7.90. The Labute approximate surface area is 80.9 Å². The summed E-state index contributed by atoms with van der Waals surface area (Å²) in [6.45, 7) is 4.30. The highest BCUT2D eigenvalue weighted by Crippen LogP contribution is 2.05. The average molecular weight is 196 g/mol. The van der Waals surface area contributed by atoms with E-state index < -0.39 is 0 Å². The summed E-state index contributed by atoms with van der Waals surface area (Å²) in [5, 5.41) is 16.2. The molecule has 7 heteroatoms. The summed E-state index contributed by atoms with van der Waals surface area (Å²) in [6.07, 6.45) is 0. The largest absolute Gasteiger partial charge is 0.331 e. The van der Waals surface area contributed by atoms with Crippen LogP contribution in [0.15, 0.2) is 0 Å². The molecule has 0 saturated carbocycles. The molecule has 14 heavy (non-hydrogen) atoms. The summed E-state index contributed by atoms with van der Waals surface area (Å²) in [7, 11) is 0. The monoisotopic (exact) mass is 196 g/mol. The molecule has 0 unspecified atom stereocenters. The van der Waals surface area contributed by atoms with Crippen LogP contribution in [0, 0.1) is 0 Å². The highest BCUT2D eigenvalue weighted by atomic mass is 16.2. The van der Waals surface area contributed by atoms with Crippen molar-refractivity contribution < 1.29 is 4.79 Å². The molecular weight excluding hydrogens is 184 g/mol. The van der Waals surface area contributed by atoms with Gasteiger partial charge in [-0.2, -0.15) is 5.21 Å². The smallest absolute Gasteiger partial charge is 0.295 e. The van der Waals surface area contributed by atoms with Gasteiger partial charge in [0, 0.05) is 25.7 Å². The van der Waals surface area contributed by atoms with E-state index in [9.17, 15) is 4.79 Å². The number of nitrogens with zero attached hydrogens (tertiary/aromatic N) is 4. The molecule has 1 atom stereocenters. The van der Waals surface area contributed by atoms with E-state index in [0.29, 0.717) is 6.54 Å². The third-order valence-corrected chi connectivity index (χ3v) is 2.30. The summed E-state index contributed by atoms with van der Waals surface area (Å²) in [4.78, 5) is 13.5. The second kappa shape index (κ2) is 3.70. The molecule has 76 valence electrons. The lowest BCUT2D eigenvalue weighted by atomic mass is 10.2. The number of aromatic amines is 1. The van der Waals surface area contributed by atoms with Gasteiger partial charge >= 0.3 is 0 Å². The van der Waals surface area contributed by atoms with Gasteiger partial charge in [-0.25, -0.2) is 0 Å². The number of aromatic nitrogens is 4. The molecule has 1 aromatic rings. The van der Waals surface area contributed by atoms with Gasteiger partial charge in [0.25, 0.3) is 11.7 Å². The van der Waals surface area contributed by atoms with Crippen LogP contribution in [0.4, 0.5) is 0 Å². The number of piperazine rings is 1. The van der Waals surface area contributed by atoms with E-state index in [2.05, 4.69) is 25.9 Å². The molecule has 7 nitrogen and oxygen atoms in total. The van der Waals surface area contributed by atoms with Gasteiger partial charge in [-0.05, 0) is 12.1 Å². The first-order valence-corrected chi connectivity index (χ1v) is 4.54. The molecule has 0 aromatic carbocycles. The molecule has 1 amide bonds. The molecule has 0 radical (unpaired) electrons. The van der Waals surface area contributed by atoms with Crippen molar-refractivity contribution in [2.24, 2.45) is 0 Å². The van der Waals surface area contributed by atoms with Crippen molar-refractivity contribution in [1.82, 2.24) is 30.8 Å². The number of amides is 1. The normalized spacial score (nSPS) is 22.4. The number of rotatable bonds is 1. The van der Waals surface area contributed by atoms with E-state index in [0.717, 1.165) is 13.1 Å². The summed E-state index contributed by atoms with van der Waals surface area (Å²) in [5.74, 6) is -0.0218. The topological polar surface area (TPSA) is 86.8 Å². The number of carbonyl (C=O) groups excluding carboxylic acids is 1. The minimum Gasteiger partial charge on any atom is -0.331 e. The zero-order chi connectivity index (χ0) is 9.97. The Balaban J connectivity index is 2.10. The Bertz CT molecular complexity index is 310. The van der Waals surface area contributed by atoms with E-state index in [4.69, 9.17) is 0 Å². The van der Waals surface area contributed by atoms with Crippen LogP contribution in [0.25, 0.3) is 0 Å². The van der Waals surface area contributed by atoms with Crippen LogP contribution in [0.1, 0.15) is 17.5 Å². The van der Waals surface area contributed by atoms with Crippen molar-refractivity contribution in [3.8, 4) is 0 Å². The van der Waals surface area contributed by atoms with Crippen molar-refractivity contribution in [1.29, 1.82) is 0 Å². The molecule has 1 aliphatic heterocycles. The Kier molecular flexibility index (Phi) is 2.40. The molecule has 2 N–H and O–H groups in total. The van der Waals surface area contributed by atoms with Crippen LogP contribution in [0.5, 0.6) is 0 Å². The second-order valence-corrected chi connectivity index (χ2v) is 3.29. The standard InChI is InChI=1S/C7H12N6O/c1-5-4-8-2-3-13(5)7(14)6-9-11-12-10-6/h5,8H,2-4H2,1H3,(H,9,10,11,12)/t5-/m0/s1. The fraction of sp³-hybridized carbons (Fsp3) is 0.714. The number of carbonyl (C=O) groups is 1. The molecule has 1 aliphatic rings. The molecule has 0 aliphatic carbocycles. The maximum atomic E-state index is 11.8. The van der Waals surface area contributed by atoms with E-state index in [1.165, 1.54) is 0 Å². The van der Waals surface area contributed by atoms with Crippen LogP contribution in [-0.4, -0.2) is 57.1 Å². The molecule has 2 heterocycles. The third kappa shape index (κ3) is 1.58. The molecule has 1 aromatic heterocycles. The van der Waals surface area contributed by atoms with Crippen LogP contribution in [0.3, 0.4) is 0 Å². The van der Waals surface area contributed by atoms with Crippen LogP contribution in [0.2, 0.25) is 0 Å². The lowest BCUT2D eigenvalue weighted by Crippen LogP contribution is -2.52. The number of hydrogen-bond donors (Lipinski definition) is 2. The summed E-state index contributed by atoms with van der Waals surface area (Å²) < 4.78 is 0. The van der Waals surface area contributed by atoms with Gasteiger partial charge in [0.1, 0.15) is 0 Å². The Morgan fingerprint density at radius 3 is 3.14 bits per heavy atom. The van der Waals surface area contributed by atoms with E-state index in [1.807, 2.05) is 6.92 Å². The first-order chi connectivity index (χ1) is 6.79. The van der Waals surface area contributed by atoms with Gasteiger partial charge in [-0.15, -0.1) is 10.2 Å². The van der Waals surface area contributed by atoms with Crippen LogP contribution >= 0.6 is 0 Å². The maximum absolute atomic E-state index is 11.8. The van der Waals surface area contributed by atoms with Gasteiger partial charge in [0.2, 0.25) is 0 Å². The predicted octanol–water partition coefficient (Wildman–Crippen LogP) is -1.37. The molecule has 2 rings (SSSR count). The summed E-state index contributed by atoms with van der Waals surface area (Å²) >= 11 is 0. The van der Waals surface area contributed by atoms with E-state index in [1.54, 1.807) is 4.90 Å². The minimum absolute atomic E-state index is 0.138. The first kappa shape index (κ1) is 9.07. The molecule has 0 spiro atoms. The quantitative estimate of drug-likeness (QED) is 0.579. The SMILES string of the molecule is C[C@H]1CNCCN1C(=O)c1nn[nH]n1. The minimum atomic E-state index is -0.159. The fourth-order valence-electron chi connectivity index (χ4n) is 1.52. The number of H-pyrrole nitrogens is 1.